The minimum absolute atomic E-state index is 0.0403. The molecule has 0 aromatic heterocycles. The summed E-state index contributed by atoms with van der Waals surface area (Å²) in [4.78, 5) is 0. The highest BCUT2D eigenvalue weighted by atomic mass is 19.4. The summed E-state index contributed by atoms with van der Waals surface area (Å²) in [5.74, 6) is 1.38. The minimum atomic E-state index is -5.72. The van der Waals surface area contributed by atoms with E-state index in [2.05, 4.69) is 0 Å². The third-order valence-corrected chi connectivity index (χ3v) is 18.3. The number of ether oxygens (including phenoxy) is 4. The van der Waals surface area contributed by atoms with Crippen LogP contribution < -0.4 is 64.8 Å². The maximum absolute atomic E-state index is 14.4. The van der Waals surface area contributed by atoms with Gasteiger partial charge < -0.3 is 64.8 Å². The first-order valence-electron chi connectivity index (χ1n) is 34.3. The molecule has 12 aromatic carbocycles. The number of nitrogens with two attached hydrogens (primary N) is 8. The lowest BCUT2D eigenvalue weighted by Gasteiger charge is -2.38. The van der Waals surface area contributed by atoms with Gasteiger partial charge in [-0.15, -0.1) is 0 Å². The summed E-state index contributed by atoms with van der Waals surface area (Å²) in [6, 6.07) is 53.4. The van der Waals surface area contributed by atoms with Crippen LogP contribution >= 0.6 is 0 Å². The smallest absolute Gasteiger partial charge is 0.411 e. The molecule has 36 heteroatoms. The van der Waals surface area contributed by atoms with Crippen LogP contribution in [0, 0.1) is 0 Å². The van der Waals surface area contributed by atoms with E-state index < -0.39 is 116 Å². The number of alkyl halides is 24. The van der Waals surface area contributed by atoms with Crippen molar-refractivity contribution in [2.24, 2.45) is 0 Å². The third-order valence-electron chi connectivity index (χ3n) is 18.3. The van der Waals surface area contributed by atoms with Gasteiger partial charge in [-0.1, -0.05) is 109 Å². The van der Waals surface area contributed by atoms with E-state index in [9.17, 15) is 105 Å². The van der Waals surface area contributed by atoms with Crippen molar-refractivity contribution in [1.82, 2.24) is 0 Å². The van der Waals surface area contributed by atoms with Crippen LogP contribution in [0.4, 0.5) is 151 Å². The monoisotopic (exact) mass is 1700 g/mol. The molecule has 12 rings (SSSR count). The van der Waals surface area contributed by atoms with Gasteiger partial charge in [0.1, 0.15) is 46.0 Å². The predicted octanol–water partition coefficient (Wildman–Crippen LogP) is 24.2. The maximum atomic E-state index is 14.4. The van der Waals surface area contributed by atoms with Gasteiger partial charge in [0, 0.05) is 57.6 Å². The van der Waals surface area contributed by atoms with Gasteiger partial charge >= 0.3 is 49.4 Å². The second-order valence-electron chi connectivity index (χ2n) is 26.3. The second kappa shape index (κ2) is 34.6. The molecule has 632 valence electrons. The van der Waals surface area contributed by atoms with E-state index in [0.29, 0.717) is 46.4 Å². The van der Waals surface area contributed by atoms with Crippen LogP contribution in [0.15, 0.2) is 291 Å². The first kappa shape index (κ1) is 90.5. The zero-order valence-corrected chi connectivity index (χ0v) is 61.0. The molecule has 0 aliphatic rings. The summed E-state index contributed by atoms with van der Waals surface area (Å²) in [6.07, 6.45) is -45.4. The average molecular weight is 1710 g/mol. The topological polar surface area (TPSA) is 245 Å². The van der Waals surface area contributed by atoms with Gasteiger partial charge in [0.15, 0.2) is 0 Å². The van der Waals surface area contributed by atoms with Crippen molar-refractivity contribution in [3.63, 3.8) is 0 Å². The fraction of sp³-hybridized carbons (Fsp3) is 0.143. The molecule has 12 nitrogen and oxygen atoms in total. The van der Waals surface area contributed by atoms with Gasteiger partial charge in [0.2, 0.25) is 21.7 Å². The Morgan fingerprint density at radius 2 is 0.292 bits per heavy atom. The number of rotatable bonds is 16. The van der Waals surface area contributed by atoms with E-state index in [1.165, 1.54) is 48.5 Å². The standard InChI is InChI=1S/2C27H20F6N2O2.2C15H12F6N2/c28-26(29,30)25(27(31,32)33,17-1-9-21(10-2-17)36-23-13-5-19(34)6-14-23)18-3-11-22(12-4-18)37-24-15-7-20(35)8-16-24;28-26(29,30)25(27(31,32)33,17-7-11-21(12-8-17)36-23-5-1-3-19(34)15-23)18-9-13-22(14-10-18)37-24-6-2-4-20(35)16-24;16-14(17,18)13(15(19,20)21,9-1-5-11(22)6-2-9)10-3-7-12(23)8-4-10;16-14(17,18)13(15(19,20)21,9-3-1-5-11(22)7-9)10-4-2-6-12(23)8-10/h2*1-16H,34-35H2;2*1-8H,22-23H2. The van der Waals surface area contributed by atoms with Gasteiger partial charge in [0.25, 0.3) is 0 Å². The fourth-order valence-corrected chi connectivity index (χ4v) is 12.8. The van der Waals surface area contributed by atoms with Gasteiger partial charge in [-0.2, -0.15) is 105 Å². The van der Waals surface area contributed by atoms with Crippen molar-refractivity contribution in [2.45, 2.75) is 71.1 Å². The van der Waals surface area contributed by atoms with Gasteiger partial charge in [0.05, 0.1) is 0 Å². The maximum Gasteiger partial charge on any atom is 0.411 e. The Bertz CT molecular complexity index is 5060. The molecule has 12 aromatic rings. The van der Waals surface area contributed by atoms with E-state index in [4.69, 9.17) is 64.8 Å². The molecular formula is C84H64F24N8O4. The normalized spacial score (nSPS) is 12.6. The van der Waals surface area contributed by atoms with Crippen molar-refractivity contribution in [2.75, 3.05) is 45.9 Å². The molecular weight excluding hydrogens is 1640 g/mol. The first-order chi connectivity index (χ1) is 55.8. The van der Waals surface area contributed by atoms with E-state index >= 15 is 0 Å². The Labute approximate surface area is 666 Å². The number of anilines is 8. The summed E-state index contributed by atoms with van der Waals surface area (Å²) in [6.45, 7) is 0. The highest BCUT2D eigenvalue weighted by molar-refractivity contribution is 5.58. The van der Waals surface area contributed by atoms with Gasteiger partial charge in [-0.05, 0) is 214 Å². The molecule has 0 heterocycles. The number of halogens is 24. The van der Waals surface area contributed by atoms with Crippen LogP contribution in [-0.2, 0) is 21.7 Å². The van der Waals surface area contributed by atoms with Crippen LogP contribution in [-0.4, -0.2) is 49.4 Å². The van der Waals surface area contributed by atoms with Crippen LogP contribution in [0.3, 0.4) is 0 Å². The molecule has 0 radical (unpaired) electrons. The number of hydrogen-bond acceptors (Lipinski definition) is 12. The Balaban J connectivity index is 0.000000187. The molecule has 16 N–H and O–H groups in total. The SMILES string of the molecule is Nc1ccc(C(c2ccc(N)cc2)(C(F)(F)F)C(F)(F)F)cc1.Nc1ccc(Oc2ccc(C(c3ccc(Oc4ccc(N)cc4)cc3)(C(F)(F)F)C(F)(F)F)cc2)cc1.Nc1cccc(C(c2cccc(N)c2)(C(F)(F)F)C(F)(F)F)c1.Nc1cccc(Oc2ccc(C(c3ccc(Oc4cccc(N)c4)cc3)(C(F)(F)F)C(F)(F)F)cc2)c1. The van der Waals surface area contributed by atoms with Crippen LogP contribution in [0.2, 0.25) is 0 Å². The van der Waals surface area contributed by atoms with Crippen molar-refractivity contribution in [3.05, 3.63) is 336 Å². The van der Waals surface area contributed by atoms with Crippen molar-refractivity contribution in [3.8, 4) is 46.0 Å². The number of benzene rings is 12. The van der Waals surface area contributed by atoms with Crippen molar-refractivity contribution in [1.29, 1.82) is 0 Å². The molecule has 0 saturated heterocycles. The van der Waals surface area contributed by atoms with E-state index in [1.807, 2.05) is 0 Å². The lowest BCUT2D eigenvalue weighted by atomic mass is 9.72. The Morgan fingerprint density at radius 1 is 0.142 bits per heavy atom. The molecule has 0 fully saturated rings. The van der Waals surface area contributed by atoms with Crippen molar-refractivity contribution < 1.29 is 124 Å². The minimum Gasteiger partial charge on any atom is -0.457 e. The summed E-state index contributed by atoms with van der Waals surface area (Å²) in [7, 11) is 0. The summed E-state index contributed by atoms with van der Waals surface area (Å²) < 4.78 is 359. The Morgan fingerprint density at radius 3 is 0.475 bits per heavy atom. The lowest BCUT2D eigenvalue weighted by molar-refractivity contribution is -0.290. The molecule has 0 bridgehead atoms. The molecule has 120 heavy (non-hydrogen) atoms. The molecule has 0 aliphatic carbocycles. The zero-order chi connectivity index (χ0) is 88.6. The second-order valence-corrected chi connectivity index (χ2v) is 26.3. The predicted molar refractivity (Wildman–Crippen MR) is 404 cm³/mol. The van der Waals surface area contributed by atoms with E-state index in [1.54, 1.807) is 60.7 Å². The first-order valence-corrected chi connectivity index (χ1v) is 34.3. The van der Waals surface area contributed by atoms with Crippen molar-refractivity contribution >= 4 is 45.5 Å². The molecule has 0 atom stereocenters. The molecule has 0 spiro atoms. The fourth-order valence-electron chi connectivity index (χ4n) is 12.8. The number of nitrogen functional groups attached to an aromatic ring is 8. The highest BCUT2D eigenvalue weighted by Crippen LogP contribution is 2.61. The van der Waals surface area contributed by atoms with E-state index in [0.717, 1.165) is 170 Å². The largest absolute Gasteiger partial charge is 0.457 e. The summed E-state index contributed by atoms with van der Waals surface area (Å²) in [5.41, 5.74) is 20.5. The number of hydrogen-bond donors (Lipinski definition) is 8. The van der Waals surface area contributed by atoms with Crippen LogP contribution in [0.5, 0.6) is 46.0 Å². The molecule has 0 saturated carbocycles. The molecule has 0 amide bonds. The van der Waals surface area contributed by atoms with Gasteiger partial charge in [-0.3, -0.25) is 0 Å². The third kappa shape index (κ3) is 19.1. The quantitative estimate of drug-likeness (QED) is 0.0333. The van der Waals surface area contributed by atoms with Gasteiger partial charge in [-0.25, -0.2) is 0 Å². The van der Waals surface area contributed by atoms with E-state index in [-0.39, 0.29) is 57.2 Å². The van der Waals surface area contributed by atoms with Crippen LogP contribution in [0.1, 0.15) is 44.5 Å². The Kier molecular flexibility index (Phi) is 26.1. The Hall–Kier alpha value is -13.4. The lowest BCUT2D eigenvalue weighted by Crippen LogP contribution is -2.54. The van der Waals surface area contributed by atoms with Crippen LogP contribution in [0.25, 0.3) is 0 Å². The average Bonchev–Trinajstić information content (AvgIpc) is 0.732. The zero-order valence-electron chi connectivity index (χ0n) is 61.0. The summed E-state index contributed by atoms with van der Waals surface area (Å²) >= 11 is 0. The molecule has 0 unspecified atom stereocenters. The summed E-state index contributed by atoms with van der Waals surface area (Å²) in [5, 5.41) is 0. The molecule has 0 aliphatic heterocycles. The highest BCUT2D eigenvalue weighted by Gasteiger charge is 2.76.